The highest BCUT2D eigenvalue weighted by atomic mass is 16.6. The lowest BCUT2D eigenvalue weighted by atomic mass is 10.1. The smallest absolute Gasteiger partial charge is 0.306 e. The van der Waals surface area contributed by atoms with Crippen molar-refractivity contribution in [3.05, 3.63) is 29.8 Å². The van der Waals surface area contributed by atoms with Gasteiger partial charge in [-0.25, -0.2) is 0 Å². The molecule has 0 spiro atoms. The highest BCUT2D eigenvalue weighted by Gasteiger charge is 2.45. The Morgan fingerprint density at radius 2 is 2.05 bits per heavy atom. The van der Waals surface area contributed by atoms with Crippen LogP contribution in [0.3, 0.4) is 0 Å². The standard InChI is InChI=1S/C15H18O4/c1-17-12-5-2-10(3-6-12)9-18-13-7-4-11-8-14(16)19-15(11)13/h2-3,5-6,11,13,15H,4,7-9H2,1H3/t11-,13+,15+/m1/s1. The topological polar surface area (TPSA) is 44.8 Å². The van der Waals surface area contributed by atoms with Crippen molar-refractivity contribution in [1.82, 2.24) is 0 Å². The molecule has 3 rings (SSSR count). The molecule has 2 aliphatic rings. The van der Waals surface area contributed by atoms with E-state index in [1.54, 1.807) is 7.11 Å². The predicted molar refractivity (Wildman–Crippen MR) is 68.8 cm³/mol. The first-order chi connectivity index (χ1) is 9.26. The molecule has 3 atom stereocenters. The van der Waals surface area contributed by atoms with Crippen LogP contribution in [-0.4, -0.2) is 25.3 Å². The number of rotatable bonds is 4. The number of hydrogen-bond acceptors (Lipinski definition) is 4. The van der Waals surface area contributed by atoms with Gasteiger partial charge in [0.2, 0.25) is 0 Å². The summed E-state index contributed by atoms with van der Waals surface area (Å²) in [5.74, 6) is 1.13. The fourth-order valence-electron chi connectivity index (χ4n) is 2.92. The summed E-state index contributed by atoms with van der Waals surface area (Å²) in [6, 6.07) is 7.83. The molecule has 1 aliphatic carbocycles. The third-order valence-corrected chi connectivity index (χ3v) is 3.97. The van der Waals surface area contributed by atoms with Gasteiger partial charge in [-0.2, -0.15) is 0 Å². The number of esters is 1. The number of methoxy groups -OCH3 is 1. The summed E-state index contributed by atoms with van der Waals surface area (Å²) in [6.45, 7) is 0.551. The summed E-state index contributed by atoms with van der Waals surface area (Å²) in [5.41, 5.74) is 1.11. The normalized spacial score (nSPS) is 29.1. The first-order valence-corrected chi connectivity index (χ1v) is 6.70. The van der Waals surface area contributed by atoms with Crippen molar-refractivity contribution < 1.29 is 19.0 Å². The second-order valence-corrected chi connectivity index (χ2v) is 5.19. The van der Waals surface area contributed by atoms with Crippen LogP contribution in [0.25, 0.3) is 0 Å². The molecular weight excluding hydrogens is 244 g/mol. The van der Waals surface area contributed by atoms with Crippen molar-refractivity contribution in [3.63, 3.8) is 0 Å². The van der Waals surface area contributed by atoms with Crippen LogP contribution in [0, 0.1) is 5.92 Å². The maximum Gasteiger partial charge on any atom is 0.306 e. The van der Waals surface area contributed by atoms with Crippen molar-refractivity contribution in [1.29, 1.82) is 0 Å². The molecule has 0 aromatic heterocycles. The van der Waals surface area contributed by atoms with Gasteiger partial charge in [0, 0.05) is 5.92 Å². The predicted octanol–water partition coefficient (Wildman–Crippen LogP) is 2.31. The van der Waals surface area contributed by atoms with E-state index < -0.39 is 0 Å². The van der Waals surface area contributed by atoms with Crippen LogP contribution in [0.5, 0.6) is 5.75 Å². The molecule has 1 aromatic carbocycles. The fraction of sp³-hybridized carbons (Fsp3) is 0.533. The molecule has 0 radical (unpaired) electrons. The lowest BCUT2D eigenvalue weighted by Gasteiger charge is -2.18. The van der Waals surface area contributed by atoms with E-state index in [-0.39, 0.29) is 18.2 Å². The van der Waals surface area contributed by atoms with E-state index in [0.29, 0.717) is 18.9 Å². The largest absolute Gasteiger partial charge is 0.497 e. The van der Waals surface area contributed by atoms with E-state index in [9.17, 15) is 4.79 Å². The molecule has 0 N–H and O–H groups in total. The SMILES string of the molecule is COc1ccc(CO[C@H]2CC[C@@H]3CC(=O)O[C@@H]32)cc1. The zero-order valence-corrected chi connectivity index (χ0v) is 11.0. The maximum atomic E-state index is 11.3. The quantitative estimate of drug-likeness (QED) is 0.781. The zero-order chi connectivity index (χ0) is 13.2. The monoisotopic (exact) mass is 262 g/mol. The van der Waals surface area contributed by atoms with Gasteiger partial charge in [0.05, 0.1) is 26.2 Å². The van der Waals surface area contributed by atoms with E-state index >= 15 is 0 Å². The molecule has 1 saturated carbocycles. The van der Waals surface area contributed by atoms with Crippen molar-refractivity contribution >= 4 is 5.97 Å². The minimum absolute atomic E-state index is 0.0225. The van der Waals surface area contributed by atoms with Gasteiger partial charge in [-0.05, 0) is 30.5 Å². The van der Waals surface area contributed by atoms with Gasteiger partial charge in [0.1, 0.15) is 11.9 Å². The summed E-state index contributed by atoms with van der Waals surface area (Å²) >= 11 is 0. The van der Waals surface area contributed by atoms with Crippen molar-refractivity contribution in [2.75, 3.05) is 7.11 Å². The van der Waals surface area contributed by atoms with Gasteiger partial charge < -0.3 is 14.2 Å². The van der Waals surface area contributed by atoms with Crippen LogP contribution in [0.1, 0.15) is 24.8 Å². The Hall–Kier alpha value is -1.55. The van der Waals surface area contributed by atoms with E-state index in [0.717, 1.165) is 24.2 Å². The summed E-state index contributed by atoms with van der Waals surface area (Å²) < 4.78 is 16.4. The first kappa shape index (κ1) is 12.5. The van der Waals surface area contributed by atoms with E-state index in [1.165, 1.54) is 0 Å². The summed E-state index contributed by atoms with van der Waals surface area (Å²) in [6.07, 6.45) is 2.61. The average molecular weight is 262 g/mol. The Kier molecular flexibility index (Phi) is 3.42. The molecule has 1 saturated heterocycles. The molecule has 1 aromatic rings. The number of ether oxygens (including phenoxy) is 3. The first-order valence-electron chi connectivity index (χ1n) is 6.70. The number of carbonyl (C=O) groups excluding carboxylic acids is 1. The molecule has 1 aliphatic heterocycles. The summed E-state index contributed by atoms with van der Waals surface area (Å²) in [5, 5.41) is 0. The van der Waals surface area contributed by atoms with Crippen LogP contribution in [0.15, 0.2) is 24.3 Å². The Bertz CT molecular complexity index is 454. The Labute approximate surface area is 112 Å². The van der Waals surface area contributed by atoms with Gasteiger partial charge in [-0.15, -0.1) is 0 Å². The second-order valence-electron chi connectivity index (χ2n) is 5.19. The lowest BCUT2D eigenvalue weighted by Crippen LogP contribution is -2.26. The summed E-state index contributed by atoms with van der Waals surface area (Å²) in [7, 11) is 1.65. The highest BCUT2D eigenvalue weighted by molar-refractivity contribution is 5.72. The van der Waals surface area contributed by atoms with Crippen molar-refractivity contribution in [2.24, 2.45) is 5.92 Å². The third-order valence-electron chi connectivity index (χ3n) is 3.97. The number of fused-ring (bicyclic) bond motifs is 1. The molecule has 4 nitrogen and oxygen atoms in total. The van der Waals surface area contributed by atoms with E-state index in [2.05, 4.69) is 0 Å². The Morgan fingerprint density at radius 3 is 2.79 bits per heavy atom. The van der Waals surface area contributed by atoms with Gasteiger partial charge in [-0.1, -0.05) is 12.1 Å². The van der Waals surface area contributed by atoms with Gasteiger partial charge in [-0.3, -0.25) is 4.79 Å². The van der Waals surface area contributed by atoms with Crippen LogP contribution < -0.4 is 4.74 Å². The minimum Gasteiger partial charge on any atom is -0.497 e. The number of benzene rings is 1. The Balaban J connectivity index is 1.55. The minimum atomic E-state index is -0.0762. The fourth-order valence-corrected chi connectivity index (χ4v) is 2.92. The maximum absolute atomic E-state index is 11.3. The molecule has 0 bridgehead atoms. The summed E-state index contributed by atoms with van der Waals surface area (Å²) in [4.78, 5) is 11.3. The van der Waals surface area contributed by atoms with Crippen molar-refractivity contribution in [2.45, 2.75) is 38.1 Å². The molecule has 0 amide bonds. The molecule has 19 heavy (non-hydrogen) atoms. The lowest BCUT2D eigenvalue weighted by molar-refractivity contribution is -0.147. The van der Waals surface area contributed by atoms with Crippen molar-refractivity contribution in [3.8, 4) is 5.75 Å². The van der Waals surface area contributed by atoms with E-state index in [1.807, 2.05) is 24.3 Å². The molecule has 0 unspecified atom stereocenters. The van der Waals surface area contributed by atoms with Gasteiger partial charge >= 0.3 is 5.97 Å². The van der Waals surface area contributed by atoms with Crippen LogP contribution >= 0.6 is 0 Å². The second kappa shape index (κ2) is 5.21. The Morgan fingerprint density at radius 1 is 1.26 bits per heavy atom. The number of carbonyl (C=O) groups is 1. The molecular formula is C15H18O4. The van der Waals surface area contributed by atoms with Gasteiger partial charge in [0.15, 0.2) is 0 Å². The van der Waals surface area contributed by atoms with Crippen LogP contribution in [0.2, 0.25) is 0 Å². The molecule has 1 heterocycles. The molecule has 102 valence electrons. The average Bonchev–Trinajstić information content (AvgIpc) is 2.96. The van der Waals surface area contributed by atoms with Crippen LogP contribution in [-0.2, 0) is 20.9 Å². The third kappa shape index (κ3) is 2.59. The van der Waals surface area contributed by atoms with Gasteiger partial charge in [0.25, 0.3) is 0 Å². The number of hydrogen-bond donors (Lipinski definition) is 0. The molecule has 2 fully saturated rings. The molecule has 4 heteroatoms. The zero-order valence-electron chi connectivity index (χ0n) is 11.0. The highest BCUT2D eigenvalue weighted by Crippen LogP contribution is 2.38. The van der Waals surface area contributed by atoms with E-state index in [4.69, 9.17) is 14.2 Å². The van der Waals surface area contributed by atoms with Crippen LogP contribution in [0.4, 0.5) is 0 Å².